The zero-order chi connectivity index (χ0) is 28.5. The quantitative estimate of drug-likeness (QED) is 0.338. The Bertz CT molecular complexity index is 1390. The molecule has 38 heavy (non-hydrogen) atoms. The van der Waals surface area contributed by atoms with E-state index in [1.165, 1.54) is 6.92 Å². The Morgan fingerprint density at radius 2 is 1.84 bits per heavy atom. The summed E-state index contributed by atoms with van der Waals surface area (Å²) in [5.41, 5.74) is 4.71. The van der Waals surface area contributed by atoms with Gasteiger partial charge in [-0.05, 0) is 38.8 Å². The van der Waals surface area contributed by atoms with Crippen LogP contribution >= 0.6 is 0 Å². The summed E-state index contributed by atoms with van der Waals surface area (Å²) in [6.45, 7) is 14.7. The molecule has 4 heterocycles. The smallest absolute Gasteiger partial charge is 0.167 e. The summed E-state index contributed by atoms with van der Waals surface area (Å²) >= 11 is 0. The molecule has 0 saturated carbocycles. The number of rotatable bonds is 7. The highest BCUT2D eigenvalue weighted by molar-refractivity contribution is 7.91. The number of nitrogens with zero attached hydrogens (tertiary/aromatic N) is 5. The molecule has 3 aromatic heterocycles. The highest BCUT2D eigenvalue weighted by Crippen LogP contribution is 2.33. The summed E-state index contributed by atoms with van der Waals surface area (Å²) in [7, 11) is -2.58. The minimum absolute atomic E-state index is 0.0367. The van der Waals surface area contributed by atoms with Gasteiger partial charge in [-0.3, -0.25) is 14.2 Å². The lowest BCUT2D eigenvalue weighted by Gasteiger charge is -2.30. The fraction of sp³-hybridized carbons (Fsp3) is 0.407. The molecule has 0 bridgehead atoms. The van der Waals surface area contributed by atoms with E-state index in [0.717, 1.165) is 28.8 Å². The van der Waals surface area contributed by atoms with Crippen LogP contribution in [0.2, 0.25) is 0 Å². The number of nitrogens with one attached hydrogen (secondary N) is 1. The number of aromatic nitrogens is 4. The van der Waals surface area contributed by atoms with Gasteiger partial charge >= 0.3 is 0 Å². The molecule has 0 atom stereocenters. The van der Waals surface area contributed by atoms with Gasteiger partial charge in [-0.15, -0.1) is 13.2 Å². The number of halogens is 1. The molecular weight excluding hydrogens is 507 g/mol. The fourth-order valence-electron chi connectivity index (χ4n) is 4.27. The first-order valence-electron chi connectivity index (χ1n) is 12.4. The molecule has 11 heteroatoms. The largest absolute Gasteiger partial charge is 0.370 e. The summed E-state index contributed by atoms with van der Waals surface area (Å²) in [5, 5.41) is 7.84. The number of carbonyl (C=O) groups excluding carboxylic acids is 1. The molecule has 1 fully saturated rings. The lowest BCUT2D eigenvalue weighted by atomic mass is 10.0. The van der Waals surface area contributed by atoms with Crippen LogP contribution in [0.3, 0.4) is 0 Å². The third-order valence-corrected chi connectivity index (χ3v) is 7.57. The van der Waals surface area contributed by atoms with Crippen molar-refractivity contribution in [1.29, 1.82) is 0 Å². The minimum Gasteiger partial charge on any atom is -0.370 e. The van der Waals surface area contributed by atoms with Crippen molar-refractivity contribution < 1.29 is 17.6 Å². The summed E-state index contributed by atoms with van der Waals surface area (Å²) in [5.74, 6) is 0.959. The van der Waals surface area contributed by atoms with Gasteiger partial charge in [0.1, 0.15) is 17.2 Å². The Morgan fingerprint density at radius 1 is 1.18 bits per heavy atom. The molecular formula is C27H37FN6O3S. The molecule has 0 spiro atoms. The van der Waals surface area contributed by atoms with E-state index >= 15 is 0 Å². The molecule has 0 aromatic carbocycles. The van der Waals surface area contributed by atoms with Crippen molar-refractivity contribution in [3.05, 3.63) is 54.5 Å². The summed E-state index contributed by atoms with van der Waals surface area (Å²) in [4.78, 5) is 24.2. The standard InChI is InChI=1S/C24H30N6O3S.C2H4.CH3F/c1-5-8-17-13-18(14-26-20(17)6-2)19-15-27-30-22(19)28-24(21(16(4)31)23(30)25-7-3)29-9-11-34(32,33)12-10-29;2*1-2/h5,8,13-15,25H,6-7,9-12H2,1-4H3;1-2H2;1H3/b8-5-;;. The van der Waals surface area contributed by atoms with Gasteiger partial charge in [-0.2, -0.15) is 9.61 Å². The molecule has 1 aliphatic rings. The highest BCUT2D eigenvalue weighted by atomic mass is 32.2. The number of sulfone groups is 1. The topological polar surface area (TPSA) is 110 Å². The van der Waals surface area contributed by atoms with Crippen LogP contribution in [0, 0.1) is 0 Å². The second kappa shape index (κ2) is 13.8. The third-order valence-electron chi connectivity index (χ3n) is 5.96. The average Bonchev–Trinajstić information content (AvgIpc) is 3.35. The average molecular weight is 545 g/mol. The molecule has 1 N–H and O–H groups in total. The zero-order valence-electron chi connectivity index (χ0n) is 22.8. The van der Waals surface area contributed by atoms with E-state index in [2.05, 4.69) is 41.5 Å². The van der Waals surface area contributed by atoms with Gasteiger partial charge in [0.2, 0.25) is 0 Å². The maximum absolute atomic E-state index is 12.8. The number of ketones is 1. The van der Waals surface area contributed by atoms with Crippen molar-refractivity contribution in [2.24, 2.45) is 0 Å². The molecule has 0 radical (unpaired) electrons. The molecule has 9 nitrogen and oxygen atoms in total. The van der Waals surface area contributed by atoms with Crippen LogP contribution in [0.15, 0.2) is 37.7 Å². The number of allylic oxidation sites excluding steroid dienone is 1. The molecule has 1 saturated heterocycles. The third kappa shape index (κ3) is 6.45. The van der Waals surface area contributed by atoms with Crippen molar-refractivity contribution >= 4 is 39.0 Å². The summed E-state index contributed by atoms with van der Waals surface area (Å²) in [6, 6.07) is 2.07. The molecule has 206 valence electrons. The number of Topliss-reactive ketones (excluding diaryl/α,β-unsaturated/α-hetero) is 1. The second-order valence-electron chi connectivity index (χ2n) is 8.29. The fourth-order valence-corrected chi connectivity index (χ4v) is 5.47. The predicted octanol–water partition coefficient (Wildman–Crippen LogP) is 4.64. The van der Waals surface area contributed by atoms with Crippen molar-refractivity contribution in [3.8, 4) is 11.1 Å². The van der Waals surface area contributed by atoms with Crippen LogP contribution in [-0.2, 0) is 16.3 Å². The normalized spacial score (nSPS) is 14.4. The van der Waals surface area contributed by atoms with Crippen LogP contribution < -0.4 is 10.2 Å². The van der Waals surface area contributed by atoms with E-state index in [1.54, 1.807) is 10.7 Å². The molecule has 0 amide bonds. The Hall–Kier alpha value is -3.60. The maximum Gasteiger partial charge on any atom is 0.167 e. The van der Waals surface area contributed by atoms with Gasteiger partial charge in [0, 0.05) is 42.7 Å². The van der Waals surface area contributed by atoms with Crippen molar-refractivity contribution in [1.82, 2.24) is 19.6 Å². The molecule has 4 rings (SSSR count). The molecule has 0 unspecified atom stereocenters. The van der Waals surface area contributed by atoms with Gasteiger partial charge in [0.05, 0.1) is 24.9 Å². The van der Waals surface area contributed by atoms with Crippen LogP contribution in [0.5, 0.6) is 0 Å². The predicted molar refractivity (Wildman–Crippen MR) is 154 cm³/mol. The van der Waals surface area contributed by atoms with E-state index in [4.69, 9.17) is 4.98 Å². The number of alkyl halides is 1. The van der Waals surface area contributed by atoms with Crippen LogP contribution in [0.4, 0.5) is 16.0 Å². The first kappa shape index (κ1) is 30.6. The van der Waals surface area contributed by atoms with Crippen molar-refractivity contribution in [3.63, 3.8) is 0 Å². The van der Waals surface area contributed by atoms with Gasteiger partial charge in [0.25, 0.3) is 0 Å². The minimum atomic E-state index is -3.08. The lowest BCUT2D eigenvalue weighted by molar-refractivity contribution is 0.101. The van der Waals surface area contributed by atoms with E-state index in [1.807, 2.05) is 37.1 Å². The van der Waals surface area contributed by atoms with E-state index < -0.39 is 9.84 Å². The highest BCUT2D eigenvalue weighted by Gasteiger charge is 2.29. The Kier molecular flexibility index (Phi) is 11.1. The van der Waals surface area contributed by atoms with Crippen LogP contribution in [0.1, 0.15) is 49.3 Å². The molecule has 0 aliphatic carbocycles. The summed E-state index contributed by atoms with van der Waals surface area (Å²) < 4.78 is 35.2. The van der Waals surface area contributed by atoms with Crippen molar-refractivity contribution in [2.45, 2.75) is 34.1 Å². The Balaban J connectivity index is 0.00000121. The number of hydrogen-bond donors (Lipinski definition) is 1. The van der Waals surface area contributed by atoms with Gasteiger partial charge in [-0.1, -0.05) is 19.1 Å². The zero-order valence-corrected chi connectivity index (χ0v) is 23.6. The first-order chi connectivity index (χ1) is 18.3. The number of aryl methyl sites for hydroxylation is 1. The van der Waals surface area contributed by atoms with E-state index in [9.17, 15) is 17.6 Å². The monoisotopic (exact) mass is 544 g/mol. The number of fused-ring (bicyclic) bond motifs is 1. The van der Waals surface area contributed by atoms with Crippen molar-refractivity contribution in [2.75, 3.05) is 48.5 Å². The van der Waals surface area contributed by atoms with Crippen LogP contribution in [-0.4, -0.2) is 72.1 Å². The first-order valence-corrected chi connectivity index (χ1v) is 14.2. The Morgan fingerprint density at radius 3 is 2.39 bits per heavy atom. The van der Waals surface area contributed by atoms with Gasteiger partial charge < -0.3 is 10.2 Å². The second-order valence-corrected chi connectivity index (χ2v) is 10.6. The van der Waals surface area contributed by atoms with Gasteiger partial charge in [-0.25, -0.2) is 13.4 Å². The van der Waals surface area contributed by atoms with Crippen LogP contribution in [0.25, 0.3) is 22.9 Å². The van der Waals surface area contributed by atoms with E-state index in [0.29, 0.717) is 49.7 Å². The summed E-state index contributed by atoms with van der Waals surface area (Å²) in [6.07, 6.45) is 8.40. The SMILES string of the molecule is C/C=C\c1cc(-c2cnn3c(NCC)c(C(C)=O)c(N4CCS(=O)(=O)CC4)nc23)cnc1CC.C=C.CF. The Labute approximate surface area is 224 Å². The van der Waals surface area contributed by atoms with E-state index in [-0.39, 0.29) is 17.3 Å². The molecule has 1 aliphatic heterocycles. The maximum atomic E-state index is 12.8. The molecule has 3 aromatic rings. The lowest BCUT2D eigenvalue weighted by Crippen LogP contribution is -2.41. The number of pyridine rings is 1. The van der Waals surface area contributed by atoms with Gasteiger partial charge in [0.15, 0.2) is 21.3 Å². The number of anilines is 2. The number of carbonyl (C=O) groups is 1. The number of hydrogen-bond acceptors (Lipinski definition) is 8.